The molecule has 2 saturated heterocycles. The fourth-order valence-electron chi connectivity index (χ4n) is 5.12. The first-order chi connectivity index (χ1) is 17.0. The Morgan fingerprint density at radius 1 is 0.914 bits per heavy atom. The summed E-state index contributed by atoms with van der Waals surface area (Å²) in [6.45, 7) is 3.91. The molecular weight excluding hydrogens is 458 g/mol. The van der Waals surface area contributed by atoms with Gasteiger partial charge in [0.25, 0.3) is 5.91 Å². The van der Waals surface area contributed by atoms with Crippen molar-refractivity contribution in [3.63, 3.8) is 0 Å². The van der Waals surface area contributed by atoms with E-state index in [9.17, 15) is 14.4 Å². The van der Waals surface area contributed by atoms with Gasteiger partial charge in [0.1, 0.15) is 15.7 Å². The number of likely N-dealkylation sites (tertiary alicyclic amines) is 2. The smallest absolute Gasteiger partial charge is 0.265 e. The molecule has 0 aliphatic carbocycles. The van der Waals surface area contributed by atoms with Gasteiger partial charge < -0.3 is 9.80 Å². The second-order valence-electron chi connectivity index (χ2n) is 9.33. The Hall–Kier alpha value is -3.32. The number of rotatable bonds is 4. The molecule has 0 bridgehead atoms. The first-order valence-corrected chi connectivity index (χ1v) is 13.0. The van der Waals surface area contributed by atoms with Crippen LogP contribution in [0.5, 0.6) is 0 Å². The molecule has 2 aliphatic rings. The molecule has 2 unspecified atom stereocenters. The zero-order chi connectivity index (χ0) is 24.4. The van der Waals surface area contributed by atoms with Crippen LogP contribution in [0.4, 0.5) is 0 Å². The molecule has 7 heteroatoms. The number of aromatic nitrogens is 1. The van der Waals surface area contributed by atoms with Gasteiger partial charge in [0.15, 0.2) is 0 Å². The van der Waals surface area contributed by atoms with Crippen LogP contribution < -0.4 is 0 Å². The van der Waals surface area contributed by atoms with Gasteiger partial charge in [-0.1, -0.05) is 60.7 Å². The van der Waals surface area contributed by atoms with Gasteiger partial charge in [-0.25, -0.2) is 4.98 Å². The summed E-state index contributed by atoms with van der Waals surface area (Å²) in [4.78, 5) is 47.9. The third-order valence-corrected chi connectivity index (χ3v) is 8.28. The van der Waals surface area contributed by atoms with E-state index in [1.54, 1.807) is 0 Å². The normalized spacial score (nSPS) is 20.7. The summed E-state index contributed by atoms with van der Waals surface area (Å²) in [5, 5.41) is 0.843. The highest BCUT2D eigenvalue weighted by Gasteiger charge is 2.40. The molecule has 2 atom stereocenters. The van der Waals surface area contributed by atoms with Crippen LogP contribution in [0.3, 0.4) is 0 Å². The molecule has 1 aromatic heterocycles. The van der Waals surface area contributed by atoms with Crippen LogP contribution in [-0.2, 0) is 9.59 Å². The SMILES string of the molecule is Cc1nc(-c2ccccc2)sc1C(=O)N1CCC(C(=O)N2CCC(=O)CC2)C(c2ccccc2)C1. The average molecular weight is 488 g/mol. The molecule has 0 saturated carbocycles. The maximum Gasteiger partial charge on any atom is 0.265 e. The number of hydrogen-bond acceptors (Lipinski definition) is 5. The van der Waals surface area contributed by atoms with E-state index in [1.807, 2.05) is 77.4 Å². The second kappa shape index (κ2) is 10.1. The van der Waals surface area contributed by atoms with Crippen molar-refractivity contribution in [1.82, 2.24) is 14.8 Å². The quantitative estimate of drug-likeness (QED) is 0.541. The fraction of sp³-hybridized carbons (Fsp3) is 0.357. The summed E-state index contributed by atoms with van der Waals surface area (Å²) in [7, 11) is 0. The molecule has 2 amide bonds. The minimum absolute atomic E-state index is 0.0161. The van der Waals surface area contributed by atoms with Crippen LogP contribution in [0.15, 0.2) is 60.7 Å². The van der Waals surface area contributed by atoms with Gasteiger partial charge in [-0.15, -0.1) is 11.3 Å². The lowest BCUT2D eigenvalue weighted by atomic mass is 9.79. The Bertz CT molecular complexity index is 1210. The van der Waals surface area contributed by atoms with Gasteiger partial charge in [0, 0.05) is 56.4 Å². The summed E-state index contributed by atoms with van der Waals surface area (Å²) >= 11 is 1.43. The van der Waals surface area contributed by atoms with Crippen molar-refractivity contribution in [1.29, 1.82) is 0 Å². The number of hydrogen-bond donors (Lipinski definition) is 0. The summed E-state index contributed by atoms with van der Waals surface area (Å²) < 4.78 is 0. The predicted octanol–water partition coefficient (Wildman–Crippen LogP) is 4.56. The maximum atomic E-state index is 13.6. The standard InChI is InChI=1S/C28H29N3O3S/c1-19-25(35-26(29-19)21-10-6-3-7-11-21)28(34)31-17-14-23(24(18-31)20-8-4-2-5-9-20)27(33)30-15-12-22(32)13-16-30/h2-11,23-24H,12-18H2,1H3. The van der Waals surface area contributed by atoms with Gasteiger partial charge in [0.05, 0.1) is 5.69 Å². The van der Waals surface area contributed by atoms with Gasteiger partial charge in [0.2, 0.25) is 5.91 Å². The first kappa shape index (κ1) is 23.4. The Morgan fingerprint density at radius 2 is 1.57 bits per heavy atom. The van der Waals surface area contributed by atoms with Crippen molar-refractivity contribution < 1.29 is 14.4 Å². The van der Waals surface area contributed by atoms with E-state index in [4.69, 9.17) is 0 Å². The lowest BCUT2D eigenvalue weighted by molar-refractivity contribution is -0.140. The number of piperidine rings is 2. The predicted molar refractivity (Wildman–Crippen MR) is 136 cm³/mol. The minimum atomic E-state index is -0.197. The van der Waals surface area contributed by atoms with Crippen LogP contribution in [0.1, 0.15) is 46.1 Å². The van der Waals surface area contributed by atoms with E-state index in [1.165, 1.54) is 11.3 Å². The van der Waals surface area contributed by atoms with Gasteiger partial charge in [-0.3, -0.25) is 14.4 Å². The van der Waals surface area contributed by atoms with E-state index >= 15 is 0 Å². The number of carbonyl (C=O) groups excluding carboxylic acids is 3. The highest BCUT2D eigenvalue weighted by atomic mass is 32.1. The van der Waals surface area contributed by atoms with Crippen LogP contribution in [0.25, 0.3) is 10.6 Å². The van der Waals surface area contributed by atoms with E-state index in [-0.39, 0.29) is 29.4 Å². The third kappa shape index (κ3) is 4.91. The van der Waals surface area contributed by atoms with E-state index in [0.29, 0.717) is 50.3 Å². The second-order valence-corrected chi connectivity index (χ2v) is 10.3. The first-order valence-electron chi connectivity index (χ1n) is 12.2. The zero-order valence-corrected chi connectivity index (χ0v) is 20.7. The van der Waals surface area contributed by atoms with Crippen molar-refractivity contribution in [3.8, 4) is 10.6 Å². The molecule has 3 aromatic rings. The van der Waals surface area contributed by atoms with E-state index < -0.39 is 0 Å². The highest BCUT2D eigenvalue weighted by Crippen LogP contribution is 2.36. The molecule has 2 aromatic carbocycles. The number of benzene rings is 2. The van der Waals surface area contributed by atoms with Gasteiger partial charge in [-0.05, 0) is 18.9 Å². The average Bonchev–Trinajstić information content (AvgIpc) is 3.30. The van der Waals surface area contributed by atoms with E-state index in [2.05, 4.69) is 4.98 Å². The monoisotopic (exact) mass is 487 g/mol. The number of aryl methyl sites for hydroxylation is 1. The van der Waals surface area contributed by atoms with E-state index in [0.717, 1.165) is 21.8 Å². The topological polar surface area (TPSA) is 70.6 Å². The number of carbonyl (C=O) groups is 3. The Morgan fingerprint density at radius 3 is 2.26 bits per heavy atom. The maximum absolute atomic E-state index is 13.6. The molecule has 0 spiro atoms. The van der Waals surface area contributed by atoms with Crippen molar-refractivity contribution in [2.75, 3.05) is 26.2 Å². The van der Waals surface area contributed by atoms with Crippen molar-refractivity contribution in [3.05, 3.63) is 76.8 Å². The highest BCUT2D eigenvalue weighted by molar-refractivity contribution is 7.17. The summed E-state index contributed by atoms with van der Waals surface area (Å²) in [6, 6.07) is 19.9. The molecule has 0 radical (unpaired) electrons. The molecule has 35 heavy (non-hydrogen) atoms. The summed E-state index contributed by atoms with van der Waals surface area (Å²) in [5.41, 5.74) is 2.82. The van der Waals surface area contributed by atoms with Crippen LogP contribution >= 0.6 is 11.3 Å². The minimum Gasteiger partial charge on any atom is -0.342 e. The fourth-order valence-corrected chi connectivity index (χ4v) is 6.16. The van der Waals surface area contributed by atoms with Crippen LogP contribution in [0, 0.1) is 12.8 Å². The van der Waals surface area contributed by atoms with Crippen molar-refractivity contribution >= 4 is 28.9 Å². The molecule has 6 nitrogen and oxygen atoms in total. The van der Waals surface area contributed by atoms with Crippen LogP contribution in [0.2, 0.25) is 0 Å². The lowest BCUT2D eigenvalue weighted by Crippen LogP contribution is -2.50. The molecule has 3 heterocycles. The van der Waals surface area contributed by atoms with Crippen molar-refractivity contribution in [2.45, 2.75) is 32.1 Å². The Kier molecular flexibility index (Phi) is 6.77. The van der Waals surface area contributed by atoms with Crippen molar-refractivity contribution in [2.24, 2.45) is 5.92 Å². The molecule has 5 rings (SSSR count). The summed E-state index contributed by atoms with van der Waals surface area (Å²) in [6.07, 6.45) is 1.49. The third-order valence-electron chi connectivity index (χ3n) is 7.09. The molecule has 180 valence electrons. The Balaban J connectivity index is 1.38. The van der Waals surface area contributed by atoms with Crippen LogP contribution in [-0.4, -0.2) is 58.6 Å². The van der Waals surface area contributed by atoms with Gasteiger partial charge in [-0.2, -0.15) is 0 Å². The number of amides is 2. The summed E-state index contributed by atoms with van der Waals surface area (Å²) in [5.74, 6) is 0.0400. The molecule has 2 aliphatic heterocycles. The zero-order valence-electron chi connectivity index (χ0n) is 19.9. The largest absolute Gasteiger partial charge is 0.342 e. The molecule has 2 fully saturated rings. The number of nitrogens with zero attached hydrogens (tertiary/aromatic N) is 3. The number of Topliss-reactive ketones (excluding diaryl/α,β-unsaturated/α-hetero) is 1. The molecule has 0 N–H and O–H groups in total. The number of ketones is 1. The Labute approximate surface area is 209 Å². The lowest BCUT2D eigenvalue weighted by Gasteiger charge is -2.40. The van der Waals surface area contributed by atoms with Gasteiger partial charge >= 0.3 is 0 Å². The molecular formula is C28H29N3O3S. The number of thiazole rings is 1.